The molecule has 0 aliphatic heterocycles. The third-order valence-electron chi connectivity index (χ3n) is 4.44. The quantitative estimate of drug-likeness (QED) is 0.362. The second-order valence-electron chi connectivity index (χ2n) is 6.16. The SMILES string of the molecule is Cc1ccccc1C(Sc1nc2ccsc2c(=O)n1C)c1ccccc1. The highest BCUT2D eigenvalue weighted by molar-refractivity contribution is 7.99. The van der Waals surface area contributed by atoms with Crippen LogP contribution in [-0.2, 0) is 7.05 Å². The highest BCUT2D eigenvalue weighted by Gasteiger charge is 2.20. The molecule has 4 rings (SSSR count). The molecular formula is C21H18N2OS2. The van der Waals surface area contributed by atoms with E-state index in [0.29, 0.717) is 4.70 Å². The Kier molecular flexibility index (Phi) is 4.66. The first kappa shape index (κ1) is 17.1. The van der Waals surface area contributed by atoms with Gasteiger partial charge in [-0.05, 0) is 35.1 Å². The molecule has 2 aromatic carbocycles. The molecule has 1 atom stereocenters. The lowest BCUT2D eigenvalue weighted by Crippen LogP contribution is -2.19. The highest BCUT2D eigenvalue weighted by atomic mass is 32.2. The van der Waals surface area contributed by atoms with Crippen LogP contribution in [0.25, 0.3) is 10.2 Å². The van der Waals surface area contributed by atoms with E-state index in [-0.39, 0.29) is 10.8 Å². The molecule has 0 fully saturated rings. The Balaban J connectivity index is 1.85. The molecule has 0 N–H and O–H groups in total. The third kappa shape index (κ3) is 3.08. The first-order chi connectivity index (χ1) is 12.6. The van der Waals surface area contributed by atoms with Gasteiger partial charge >= 0.3 is 0 Å². The van der Waals surface area contributed by atoms with E-state index in [4.69, 9.17) is 4.98 Å². The van der Waals surface area contributed by atoms with E-state index in [1.54, 1.807) is 23.4 Å². The molecule has 26 heavy (non-hydrogen) atoms. The number of hydrogen-bond acceptors (Lipinski definition) is 4. The predicted octanol–water partition coefficient (Wildman–Crippen LogP) is 5.19. The van der Waals surface area contributed by atoms with Crippen LogP contribution in [0.15, 0.2) is 76.0 Å². The van der Waals surface area contributed by atoms with Crippen molar-refractivity contribution in [2.75, 3.05) is 0 Å². The normalized spacial score (nSPS) is 12.4. The van der Waals surface area contributed by atoms with Gasteiger partial charge in [0.05, 0.1) is 10.8 Å². The van der Waals surface area contributed by atoms with Gasteiger partial charge < -0.3 is 0 Å². The molecular weight excluding hydrogens is 360 g/mol. The summed E-state index contributed by atoms with van der Waals surface area (Å²) in [6.07, 6.45) is 0. The van der Waals surface area contributed by atoms with E-state index >= 15 is 0 Å². The van der Waals surface area contributed by atoms with Crippen LogP contribution in [0.3, 0.4) is 0 Å². The second kappa shape index (κ2) is 7.09. The first-order valence-electron chi connectivity index (χ1n) is 8.36. The van der Waals surface area contributed by atoms with Crippen LogP contribution < -0.4 is 5.56 Å². The molecule has 0 radical (unpaired) electrons. The van der Waals surface area contributed by atoms with E-state index in [1.165, 1.54) is 28.0 Å². The van der Waals surface area contributed by atoms with Gasteiger partial charge in [0.2, 0.25) is 0 Å². The summed E-state index contributed by atoms with van der Waals surface area (Å²) in [5.41, 5.74) is 4.46. The second-order valence-corrected chi connectivity index (χ2v) is 8.15. The maximum atomic E-state index is 12.7. The summed E-state index contributed by atoms with van der Waals surface area (Å²) in [7, 11) is 1.80. The third-order valence-corrected chi connectivity index (χ3v) is 6.67. The van der Waals surface area contributed by atoms with Crippen molar-refractivity contribution < 1.29 is 0 Å². The molecule has 1 unspecified atom stereocenters. The summed E-state index contributed by atoms with van der Waals surface area (Å²) < 4.78 is 2.38. The van der Waals surface area contributed by atoms with Crippen LogP contribution in [-0.4, -0.2) is 9.55 Å². The molecule has 4 aromatic rings. The monoisotopic (exact) mass is 378 g/mol. The summed E-state index contributed by atoms with van der Waals surface area (Å²) in [4.78, 5) is 17.4. The summed E-state index contributed by atoms with van der Waals surface area (Å²) in [6, 6.07) is 20.7. The van der Waals surface area contributed by atoms with Crippen LogP contribution >= 0.6 is 23.1 Å². The van der Waals surface area contributed by atoms with Gasteiger partial charge in [0.25, 0.3) is 5.56 Å². The van der Waals surface area contributed by atoms with Crippen LogP contribution in [0, 0.1) is 6.92 Å². The van der Waals surface area contributed by atoms with Crippen molar-refractivity contribution in [3.63, 3.8) is 0 Å². The largest absolute Gasteiger partial charge is 0.289 e. The van der Waals surface area contributed by atoms with Gasteiger partial charge in [0.15, 0.2) is 5.16 Å². The van der Waals surface area contributed by atoms with Gasteiger partial charge in [-0.1, -0.05) is 66.4 Å². The highest BCUT2D eigenvalue weighted by Crippen LogP contribution is 2.40. The van der Waals surface area contributed by atoms with E-state index in [0.717, 1.165) is 10.7 Å². The first-order valence-corrected chi connectivity index (χ1v) is 10.1. The Morgan fingerprint density at radius 3 is 2.54 bits per heavy atom. The number of thioether (sulfide) groups is 1. The number of nitrogens with zero attached hydrogens (tertiary/aromatic N) is 2. The van der Waals surface area contributed by atoms with E-state index in [2.05, 4.69) is 55.5 Å². The zero-order valence-electron chi connectivity index (χ0n) is 14.5. The zero-order chi connectivity index (χ0) is 18.1. The average Bonchev–Trinajstić information content (AvgIpc) is 3.14. The number of aromatic nitrogens is 2. The van der Waals surface area contributed by atoms with Gasteiger partial charge in [0, 0.05) is 7.05 Å². The van der Waals surface area contributed by atoms with Gasteiger partial charge in [0.1, 0.15) is 4.70 Å². The number of fused-ring (bicyclic) bond motifs is 1. The van der Waals surface area contributed by atoms with Crippen LogP contribution in [0.2, 0.25) is 0 Å². The van der Waals surface area contributed by atoms with E-state index in [9.17, 15) is 4.79 Å². The number of benzene rings is 2. The van der Waals surface area contributed by atoms with Gasteiger partial charge in [-0.15, -0.1) is 11.3 Å². The van der Waals surface area contributed by atoms with Crippen LogP contribution in [0.1, 0.15) is 21.9 Å². The van der Waals surface area contributed by atoms with Gasteiger partial charge in [-0.2, -0.15) is 0 Å². The Bertz CT molecular complexity index is 1120. The number of thiophene rings is 1. The molecule has 0 saturated heterocycles. The van der Waals surface area contributed by atoms with Crippen LogP contribution in [0.5, 0.6) is 0 Å². The minimum absolute atomic E-state index is 0.0177. The standard InChI is InChI=1S/C21H18N2OS2/c1-14-8-6-7-11-16(14)18(15-9-4-3-5-10-15)26-21-22-17-12-13-25-19(17)20(24)23(21)2/h3-13,18H,1-2H3. The minimum Gasteiger partial charge on any atom is -0.289 e. The van der Waals surface area contributed by atoms with Crippen LogP contribution in [0.4, 0.5) is 0 Å². The van der Waals surface area contributed by atoms with Crippen molar-refractivity contribution in [1.82, 2.24) is 9.55 Å². The Labute approximate surface area is 160 Å². The lowest BCUT2D eigenvalue weighted by atomic mass is 10.0. The fourth-order valence-electron chi connectivity index (χ4n) is 3.00. The van der Waals surface area contributed by atoms with Crippen molar-refractivity contribution in [2.45, 2.75) is 17.3 Å². The lowest BCUT2D eigenvalue weighted by Gasteiger charge is -2.20. The fourth-order valence-corrected chi connectivity index (χ4v) is 5.09. The molecule has 0 aliphatic rings. The predicted molar refractivity (Wildman–Crippen MR) is 110 cm³/mol. The molecule has 0 amide bonds. The number of rotatable bonds is 4. The van der Waals surface area contributed by atoms with Crippen molar-refractivity contribution in [1.29, 1.82) is 0 Å². The van der Waals surface area contributed by atoms with Crippen molar-refractivity contribution in [2.24, 2.45) is 7.05 Å². The molecule has 0 saturated carbocycles. The molecule has 3 nitrogen and oxygen atoms in total. The summed E-state index contributed by atoms with van der Waals surface area (Å²) in [6.45, 7) is 2.13. The Morgan fingerprint density at radius 1 is 1.04 bits per heavy atom. The average molecular weight is 379 g/mol. The fraction of sp³-hybridized carbons (Fsp3) is 0.143. The molecule has 5 heteroatoms. The van der Waals surface area contributed by atoms with Crippen molar-refractivity contribution >= 4 is 33.3 Å². The van der Waals surface area contributed by atoms with Crippen molar-refractivity contribution in [3.05, 3.63) is 93.1 Å². The molecule has 130 valence electrons. The number of hydrogen-bond donors (Lipinski definition) is 0. The summed E-state index contributed by atoms with van der Waals surface area (Å²) >= 11 is 3.07. The molecule has 0 aliphatic carbocycles. The van der Waals surface area contributed by atoms with Gasteiger partial charge in [-0.25, -0.2) is 4.98 Å². The molecule has 0 spiro atoms. The van der Waals surface area contributed by atoms with Gasteiger partial charge in [-0.3, -0.25) is 9.36 Å². The lowest BCUT2D eigenvalue weighted by molar-refractivity contribution is 0.726. The van der Waals surface area contributed by atoms with Crippen molar-refractivity contribution in [3.8, 4) is 0 Å². The minimum atomic E-state index is 0.0177. The molecule has 2 aromatic heterocycles. The molecule has 2 heterocycles. The smallest absolute Gasteiger partial charge is 0.271 e. The maximum absolute atomic E-state index is 12.7. The van der Waals surface area contributed by atoms with E-state index < -0.39 is 0 Å². The zero-order valence-corrected chi connectivity index (χ0v) is 16.2. The summed E-state index contributed by atoms with van der Waals surface area (Å²) in [5, 5.41) is 2.73. The Hall–Kier alpha value is -2.37. The molecule has 0 bridgehead atoms. The van der Waals surface area contributed by atoms with E-state index in [1.807, 2.05) is 17.5 Å². The topological polar surface area (TPSA) is 34.9 Å². The maximum Gasteiger partial charge on any atom is 0.271 e. The Morgan fingerprint density at radius 2 is 1.77 bits per heavy atom. The number of aryl methyl sites for hydroxylation is 1. The summed E-state index contributed by atoms with van der Waals surface area (Å²) in [5.74, 6) is 0.